The van der Waals surface area contributed by atoms with Crippen LogP contribution in [0.5, 0.6) is 5.75 Å². The van der Waals surface area contributed by atoms with E-state index < -0.39 is 0 Å². The van der Waals surface area contributed by atoms with Gasteiger partial charge >= 0.3 is 0 Å². The van der Waals surface area contributed by atoms with Crippen LogP contribution in [0.3, 0.4) is 0 Å². The summed E-state index contributed by atoms with van der Waals surface area (Å²) < 4.78 is 5.36. The molecule has 0 N–H and O–H groups in total. The summed E-state index contributed by atoms with van der Waals surface area (Å²) in [6.45, 7) is 9.98. The second kappa shape index (κ2) is 8.83. The van der Waals surface area contributed by atoms with Crippen molar-refractivity contribution in [3.05, 3.63) is 29.3 Å². The van der Waals surface area contributed by atoms with Crippen molar-refractivity contribution < 1.29 is 9.53 Å². The van der Waals surface area contributed by atoms with Crippen LogP contribution >= 0.6 is 0 Å². The first-order valence-electron chi connectivity index (χ1n) is 7.95. The standard InChI is InChI=1S/C18H29NO2/c1-6-8-11-19(15(4)7-2)13-17(20)16-10-9-14(3)12-18(16)21-5/h9-10,12,15H,6-8,11,13H2,1-5H3. The summed E-state index contributed by atoms with van der Waals surface area (Å²) in [7, 11) is 1.62. The number of nitrogens with zero attached hydrogens (tertiary/aromatic N) is 1. The van der Waals surface area contributed by atoms with Gasteiger partial charge in [0, 0.05) is 6.04 Å². The number of unbranched alkanes of at least 4 members (excludes halogenated alkanes) is 1. The highest BCUT2D eigenvalue weighted by Crippen LogP contribution is 2.21. The lowest BCUT2D eigenvalue weighted by Crippen LogP contribution is -2.37. The fraction of sp³-hybridized carbons (Fsp3) is 0.611. The Morgan fingerprint density at radius 1 is 1.33 bits per heavy atom. The molecule has 0 fully saturated rings. The molecule has 0 radical (unpaired) electrons. The molecular formula is C18H29NO2. The van der Waals surface area contributed by atoms with Crippen molar-refractivity contribution in [1.82, 2.24) is 4.90 Å². The lowest BCUT2D eigenvalue weighted by molar-refractivity contribution is 0.0891. The van der Waals surface area contributed by atoms with Crippen LogP contribution in [0.4, 0.5) is 0 Å². The first-order valence-corrected chi connectivity index (χ1v) is 7.95. The van der Waals surface area contributed by atoms with Gasteiger partial charge in [-0.3, -0.25) is 9.69 Å². The van der Waals surface area contributed by atoms with E-state index in [4.69, 9.17) is 4.74 Å². The summed E-state index contributed by atoms with van der Waals surface area (Å²) >= 11 is 0. The Morgan fingerprint density at radius 2 is 2.05 bits per heavy atom. The van der Waals surface area contributed by atoms with E-state index in [0.717, 1.165) is 31.4 Å². The molecule has 0 aliphatic carbocycles. The van der Waals surface area contributed by atoms with Crippen LogP contribution in [0.25, 0.3) is 0 Å². The van der Waals surface area contributed by atoms with E-state index in [1.165, 1.54) is 0 Å². The molecule has 0 aliphatic rings. The van der Waals surface area contributed by atoms with Gasteiger partial charge in [-0.15, -0.1) is 0 Å². The molecular weight excluding hydrogens is 262 g/mol. The predicted octanol–water partition coefficient (Wildman–Crippen LogP) is 4.09. The first-order chi connectivity index (χ1) is 10.0. The van der Waals surface area contributed by atoms with Gasteiger partial charge in [0.15, 0.2) is 5.78 Å². The zero-order valence-corrected chi connectivity index (χ0v) is 14.1. The lowest BCUT2D eigenvalue weighted by atomic mass is 10.1. The average Bonchev–Trinajstić information content (AvgIpc) is 2.50. The number of hydrogen-bond donors (Lipinski definition) is 0. The number of Topliss-reactive ketones (excluding diaryl/α,β-unsaturated/α-hetero) is 1. The molecule has 0 bridgehead atoms. The molecule has 1 rings (SSSR count). The zero-order valence-electron chi connectivity index (χ0n) is 14.1. The average molecular weight is 291 g/mol. The van der Waals surface area contributed by atoms with Crippen LogP contribution in [0.2, 0.25) is 0 Å². The number of benzene rings is 1. The van der Waals surface area contributed by atoms with E-state index in [9.17, 15) is 4.79 Å². The van der Waals surface area contributed by atoms with Crippen LogP contribution in [0, 0.1) is 6.92 Å². The van der Waals surface area contributed by atoms with Gasteiger partial charge in [0.25, 0.3) is 0 Å². The van der Waals surface area contributed by atoms with Crippen molar-refractivity contribution >= 4 is 5.78 Å². The number of carbonyl (C=O) groups excluding carboxylic acids is 1. The minimum absolute atomic E-state index is 0.142. The summed E-state index contributed by atoms with van der Waals surface area (Å²) in [6, 6.07) is 6.20. The fourth-order valence-corrected chi connectivity index (χ4v) is 2.37. The van der Waals surface area contributed by atoms with Crippen molar-refractivity contribution in [2.24, 2.45) is 0 Å². The molecule has 0 spiro atoms. The van der Waals surface area contributed by atoms with E-state index in [0.29, 0.717) is 23.9 Å². The van der Waals surface area contributed by atoms with Crippen molar-refractivity contribution in [3.8, 4) is 5.75 Å². The Kier molecular flexibility index (Phi) is 7.44. The smallest absolute Gasteiger partial charge is 0.180 e. The third-order valence-electron chi connectivity index (χ3n) is 4.02. The van der Waals surface area contributed by atoms with Gasteiger partial charge in [0.05, 0.1) is 19.2 Å². The highest BCUT2D eigenvalue weighted by atomic mass is 16.5. The number of hydrogen-bond acceptors (Lipinski definition) is 3. The van der Waals surface area contributed by atoms with Crippen LogP contribution in [-0.2, 0) is 0 Å². The highest BCUT2D eigenvalue weighted by molar-refractivity contribution is 6.00. The number of ether oxygens (including phenoxy) is 1. The summed E-state index contributed by atoms with van der Waals surface area (Å²) in [5, 5.41) is 0. The minimum Gasteiger partial charge on any atom is -0.496 e. The third-order valence-corrected chi connectivity index (χ3v) is 4.02. The van der Waals surface area contributed by atoms with E-state index in [1.54, 1.807) is 7.11 Å². The van der Waals surface area contributed by atoms with Crippen LogP contribution < -0.4 is 4.74 Å². The van der Waals surface area contributed by atoms with Gasteiger partial charge < -0.3 is 4.74 Å². The van der Waals surface area contributed by atoms with E-state index in [-0.39, 0.29) is 5.78 Å². The number of methoxy groups -OCH3 is 1. The molecule has 0 heterocycles. The Bertz CT molecular complexity index is 457. The predicted molar refractivity (Wildman–Crippen MR) is 88.3 cm³/mol. The lowest BCUT2D eigenvalue weighted by Gasteiger charge is -2.27. The maximum absolute atomic E-state index is 12.6. The molecule has 0 aromatic heterocycles. The fourth-order valence-electron chi connectivity index (χ4n) is 2.37. The van der Waals surface area contributed by atoms with Gasteiger partial charge in [-0.25, -0.2) is 0 Å². The third kappa shape index (κ3) is 5.16. The number of carbonyl (C=O) groups is 1. The van der Waals surface area contributed by atoms with Crippen LogP contribution in [0.15, 0.2) is 18.2 Å². The van der Waals surface area contributed by atoms with Gasteiger partial charge in [-0.1, -0.05) is 26.3 Å². The summed E-state index contributed by atoms with van der Waals surface area (Å²) in [6.07, 6.45) is 3.33. The minimum atomic E-state index is 0.142. The molecule has 0 aliphatic heterocycles. The SMILES string of the molecule is CCCCN(CC(=O)c1ccc(C)cc1OC)C(C)CC. The highest BCUT2D eigenvalue weighted by Gasteiger charge is 2.19. The molecule has 1 aromatic rings. The maximum Gasteiger partial charge on any atom is 0.180 e. The van der Waals surface area contributed by atoms with Gasteiger partial charge in [-0.05, 0) is 50.9 Å². The van der Waals surface area contributed by atoms with Gasteiger partial charge in [0.2, 0.25) is 0 Å². The topological polar surface area (TPSA) is 29.5 Å². The molecule has 0 amide bonds. The first kappa shape index (κ1) is 17.7. The van der Waals surface area contributed by atoms with Crippen LogP contribution in [0.1, 0.15) is 56.0 Å². The second-order valence-electron chi connectivity index (χ2n) is 5.71. The molecule has 3 nitrogen and oxygen atoms in total. The summed E-state index contributed by atoms with van der Waals surface area (Å²) in [5.74, 6) is 0.822. The number of rotatable bonds is 9. The molecule has 118 valence electrons. The van der Waals surface area contributed by atoms with E-state index in [2.05, 4.69) is 25.7 Å². The molecule has 1 atom stereocenters. The Hall–Kier alpha value is -1.35. The molecule has 0 saturated heterocycles. The maximum atomic E-state index is 12.6. The number of aryl methyl sites for hydroxylation is 1. The van der Waals surface area contributed by atoms with Crippen molar-refractivity contribution in [2.45, 2.75) is 53.0 Å². The monoisotopic (exact) mass is 291 g/mol. The summed E-state index contributed by atoms with van der Waals surface area (Å²) in [5.41, 5.74) is 1.79. The molecule has 21 heavy (non-hydrogen) atoms. The van der Waals surface area contributed by atoms with Crippen molar-refractivity contribution in [1.29, 1.82) is 0 Å². The largest absolute Gasteiger partial charge is 0.496 e. The Balaban J connectivity index is 2.85. The molecule has 0 saturated carbocycles. The van der Waals surface area contributed by atoms with Crippen LogP contribution in [-0.4, -0.2) is 36.9 Å². The van der Waals surface area contributed by atoms with E-state index >= 15 is 0 Å². The zero-order chi connectivity index (χ0) is 15.8. The van der Waals surface area contributed by atoms with Gasteiger partial charge in [-0.2, -0.15) is 0 Å². The molecule has 1 unspecified atom stereocenters. The molecule has 1 aromatic carbocycles. The normalized spacial score (nSPS) is 12.5. The summed E-state index contributed by atoms with van der Waals surface area (Å²) in [4.78, 5) is 14.9. The van der Waals surface area contributed by atoms with Gasteiger partial charge in [0.1, 0.15) is 5.75 Å². The Labute approximate surface area is 129 Å². The number of ketones is 1. The van der Waals surface area contributed by atoms with Crippen molar-refractivity contribution in [2.75, 3.05) is 20.2 Å². The quantitative estimate of drug-likeness (QED) is 0.642. The molecule has 3 heteroatoms. The Morgan fingerprint density at radius 3 is 2.62 bits per heavy atom. The van der Waals surface area contributed by atoms with E-state index in [1.807, 2.05) is 25.1 Å². The van der Waals surface area contributed by atoms with Crippen molar-refractivity contribution in [3.63, 3.8) is 0 Å². The second-order valence-corrected chi connectivity index (χ2v) is 5.71.